The summed E-state index contributed by atoms with van der Waals surface area (Å²) in [6.07, 6.45) is 0.705. The van der Waals surface area contributed by atoms with Gasteiger partial charge in [0.1, 0.15) is 6.04 Å². The second-order valence-corrected chi connectivity index (χ2v) is 6.24. The normalized spacial score (nSPS) is 18.6. The molecule has 0 amide bonds. The molecule has 0 bridgehead atoms. The van der Waals surface area contributed by atoms with Gasteiger partial charge in [0.25, 0.3) is 0 Å². The predicted octanol–water partition coefficient (Wildman–Crippen LogP) is -0.0292. The maximum absolute atomic E-state index is 11.6. The molecule has 1 aromatic rings. The summed E-state index contributed by atoms with van der Waals surface area (Å²) < 4.78 is 23.2. The highest BCUT2D eigenvalue weighted by Crippen LogP contribution is 2.26. The van der Waals surface area contributed by atoms with Crippen LogP contribution in [0.2, 0.25) is 0 Å². The molecular formula is C11H13NO4S. The molecule has 5 nitrogen and oxygen atoms in total. The Labute approximate surface area is 99.2 Å². The molecule has 1 atom stereocenters. The van der Waals surface area contributed by atoms with Crippen molar-refractivity contribution in [2.75, 3.05) is 5.75 Å². The Kier molecular flexibility index (Phi) is 2.92. The highest BCUT2D eigenvalue weighted by Gasteiger charge is 2.26. The number of aliphatic carboxylic acids is 1. The molecule has 1 aliphatic heterocycles. The fourth-order valence-electron chi connectivity index (χ4n) is 1.95. The molecule has 0 radical (unpaired) electrons. The van der Waals surface area contributed by atoms with Gasteiger partial charge in [0, 0.05) is 0 Å². The molecule has 17 heavy (non-hydrogen) atoms. The Balaban J connectivity index is 2.28. The van der Waals surface area contributed by atoms with Gasteiger partial charge < -0.3 is 10.8 Å². The Morgan fingerprint density at radius 2 is 2.18 bits per heavy atom. The number of carboxylic acids is 1. The molecule has 1 unspecified atom stereocenters. The van der Waals surface area contributed by atoms with Gasteiger partial charge in [0.2, 0.25) is 0 Å². The zero-order valence-corrected chi connectivity index (χ0v) is 9.90. The third-order valence-electron chi connectivity index (χ3n) is 2.87. The minimum atomic E-state index is -3.11. The Hall–Kier alpha value is -1.40. The standard InChI is InChI=1S/C11H13NO4S/c12-9(11(13)14)6-7-1-2-10-8(5-7)3-4-17(10,15)16/h1-2,5,9H,3-4,6,12H2,(H,13,14). The quantitative estimate of drug-likeness (QED) is 0.790. The van der Waals surface area contributed by atoms with E-state index < -0.39 is 21.8 Å². The topological polar surface area (TPSA) is 97.5 Å². The van der Waals surface area contributed by atoms with Crippen molar-refractivity contribution >= 4 is 15.8 Å². The van der Waals surface area contributed by atoms with E-state index in [2.05, 4.69) is 0 Å². The summed E-state index contributed by atoms with van der Waals surface area (Å²) >= 11 is 0. The Bertz CT molecular complexity index is 565. The third kappa shape index (κ3) is 2.32. The second-order valence-electron chi connectivity index (χ2n) is 4.16. The molecular weight excluding hydrogens is 242 g/mol. The van der Waals surface area contributed by atoms with E-state index in [-0.39, 0.29) is 12.2 Å². The molecule has 1 heterocycles. The highest BCUT2D eigenvalue weighted by molar-refractivity contribution is 7.91. The lowest BCUT2D eigenvalue weighted by Crippen LogP contribution is -2.32. The summed E-state index contributed by atoms with van der Waals surface area (Å²) in [5, 5.41) is 8.70. The van der Waals surface area contributed by atoms with Crippen LogP contribution in [0.3, 0.4) is 0 Å². The van der Waals surface area contributed by atoms with E-state index >= 15 is 0 Å². The average Bonchev–Trinajstić information content (AvgIpc) is 2.54. The van der Waals surface area contributed by atoms with Gasteiger partial charge in [-0.25, -0.2) is 8.42 Å². The molecule has 6 heteroatoms. The molecule has 0 saturated carbocycles. The maximum atomic E-state index is 11.6. The number of nitrogens with two attached hydrogens (primary N) is 1. The zero-order chi connectivity index (χ0) is 12.6. The monoisotopic (exact) mass is 255 g/mol. The summed E-state index contributed by atoms with van der Waals surface area (Å²) in [5.41, 5.74) is 6.95. The lowest BCUT2D eigenvalue weighted by Gasteiger charge is -2.07. The van der Waals surface area contributed by atoms with E-state index in [4.69, 9.17) is 10.8 Å². The van der Waals surface area contributed by atoms with Crippen molar-refractivity contribution in [1.29, 1.82) is 0 Å². The van der Waals surface area contributed by atoms with Crippen LogP contribution in [-0.2, 0) is 27.5 Å². The third-order valence-corrected chi connectivity index (χ3v) is 4.68. The number of sulfone groups is 1. The van der Waals surface area contributed by atoms with Gasteiger partial charge >= 0.3 is 5.97 Å². The zero-order valence-electron chi connectivity index (χ0n) is 9.09. The van der Waals surface area contributed by atoms with E-state index in [0.717, 1.165) is 11.1 Å². The first-order valence-corrected chi connectivity index (χ1v) is 6.88. The molecule has 0 aromatic heterocycles. The van der Waals surface area contributed by atoms with Crippen molar-refractivity contribution in [3.05, 3.63) is 29.3 Å². The van der Waals surface area contributed by atoms with Gasteiger partial charge in [-0.2, -0.15) is 0 Å². The summed E-state index contributed by atoms with van der Waals surface area (Å²) in [6.45, 7) is 0. The fourth-order valence-corrected chi connectivity index (χ4v) is 3.50. The van der Waals surface area contributed by atoms with Crippen LogP contribution in [-0.4, -0.2) is 31.3 Å². The van der Waals surface area contributed by atoms with Crippen LogP contribution in [0.15, 0.2) is 23.1 Å². The first-order chi connectivity index (χ1) is 7.90. The summed E-state index contributed by atoms with van der Waals surface area (Å²) in [5.74, 6) is -0.922. The van der Waals surface area contributed by atoms with Crippen LogP contribution in [0.1, 0.15) is 11.1 Å². The number of hydrogen-bond donors (Lipinski definition) is 2. The van der Waals surface area contributed by atoms with Gasteiger partial charge in [-0.15, -0.1) is 0 Å². The number of aryl methyl sites for hydroxylation is 1. The van der Waals surface area contributed by atoms with Crippen molar-refractivity contribution in [2.24, 2.45) is 5.73 Å². The molecule has 1 aromatic carbocycles. The predicted molar refractivity (Wildman–Crippen MR) is 61.5 cm³/mol. The second kappa shape index (κ2) is 4.12. The van der Waals surface area contributed by atoms with Crippen LogP contribution in [0.4, 0.5) is 0 Å². The van der Waals surface area contributed by atoms with Crippen molar-refractivity contribution in [1.82, 2.24) is 0 Å². The molecule has 0 saturated heterocycles. The van der Waals surface area contributed by atoms with E-state index in [0.29, 0.717) is 11.3 Å². The number of benzene rings is 1. The van der Waals surface area contributed by atoms with Crippen molar-refractivity contribution in [3.63, 3.8) is 0 Å². The molecule has 0 spiro atoms. The van der Waals surface area contributed by atoms with Gasteiger partial charge in [0.15, 0.2) is 9.84 Å². The summed E-state index contributed by atoms with van der Waals surface area (Å²) in [6, 6.07) is 3.96. The lowest BCUT2D eigenvalue weighted by molar-refractivity contribution is -0.138. The number of carbonyl (C=O) groups is 1. The van der Waals surface area contributed by atoms with Crippen molar-refractivity contribution in [3.8, 4) is 0 Å². The smallest absolute Gasteiger partial charge is 0.320 e. The maximum Gasteiger partial charge on any atom is 0.320 e. The van der Waals surface area contributed by atoms with E-state index in [1.807, 2.05) is 0 Å². The first-order valence-electron chi connectivity index (χ1n) is 5.23. The van der Waals surface area contributed by atoms with Gasteiger partial charge in [-0.3, -0.25) is 4.79 Å². The SMILES string of the molecule is NC(Cc1ccc2c(c1)CCS2(=O)=O)C(=O)O. The molecule has 1 aliphatic rings. The Morgan fingerprint density at radius 3 is 2.82 bits per heavy atom. The van der Waals surface area contributed by atoms with Crippen LogP contribution in [0, 0.1) is 0 Å². The van der Waals surface area contributed by atoms with E-state index in [9.17, 15) is 13.2 Å². The van der Waals surface area contributed by atoms with Crippen LogP contribution in [0.5, 0.6) is 0 Å². The van der Waals surface area contributed by atoms with Gasteiger partial charge in [-0.05, 0) is 30.0 Å². The molecule has 0 aliphatic carbocycles. The van der Waals surface area contributed by atoms with Gasteiger partial charge in [0.05, 0.1) is 10.6 Å². The van der Waals surface area contributed by atoms with Gasteiger partial charge in [-0.1, -0.05) is 12.1 Å². The largest absolute Gasteiger partial charge is 0.480 e. The Morgan fingerprint density at radius 1 is 1.47 bits per heavy atom. The molecule has 0 fully saturated rings. The summed E-state index contributed by atoms with van der Waals surface area (Å²) in [4.78, 5) is 11.0. The minimum Gasteiger partial charge on any atom is -0.480 e. The van der Waals surface area contributed by atoms with Crippen molar-refractivity contribution in [2.45, 2.75) is 23.8 Å². The number of fused-ring (bicyclic) bond motifs is 1. The number of hydrogen-bond acceptors (Lipinski definition) is 4. The average molecular weight is 255 g/mol. The van der Waals surface area contributed by atoms with Crippen LogP contribution in [0.25, 0.3) is 0 Å². The highest BCUT2D eigenvalue weighted by atomic mass is 32.2. The van der Waals surface area contributed by atoms with E-state index in [1.165, 1.54) is 0 Å². The van der Waals surface area contributed by atoms with Crippen molar-refractivity contribution < 1.29 is 18.3 Å². The van der Waals surface area contributed by atoms with E-state index in [1.54, 1.807) is 18.2 Å². The number of rotatable bonds is 3. The molecule has 3 N–H and O–H groups in total. The van der Waals surface area contributed by atoms with Crippen LogP contribution < -0.4 is 5.73 Å². The minimum absolute atomic E-state index is 0.136. The first kappa shape index (κ1) is 12.1. The number of carboxylic acid groups (broad SMARTS) is 1. The summed E-state index contributed by atoms with van der Waals surface area (Å²) in [7, 11) is -3.11. The van der Waals surface area contributed by atoms with Crippen LogP contribution >= 0.6 is 0 Å². The lowest BCUT2D eigenvalue weighted by atomic mass is 10.0. The fraction of sp³-hybridized carbons (Fsp3) is 0.364. The molecule has 92 valence electrons. The molecule has 2 rings (SSSR count).